The summed E-state index contributed by atoms with van der Waals surface area (Å²) in [5.74, 6) is -11.7. The summed E-state index contributed by atoms with van der Waals surface area (Å²) in [6.07, 6.45) is 14.6. The van der Waals surface area contributed by atoms with Gasteiger partial charge in [-0.3, -0.25) is 19.2 Å². The lowest BCUT2D eigenvalue weighted by Gasteiger charge is -2.41. The van der Waals surface area contributed by atoms with Crippen molar-refractivity contribution in [3.8, 4) is 0 Å². The number of fused-ring (bicyclic) bond motifs is 6. The Labute approximate surface area is 569 Å². The fraction of sp³-hybridized carbons (Fsp3) is 0.681. The standard InChI is InChI=1S/C24H34F3N3O4S.C23H31F3N2O3S.C22H29F3N2O3S/c1-3-29(4-2)24(32)14-35(33,34)8-7-23(31)30-17-5-6-18(30)10-16(9-17)22(28)12-15-11-20(26)21(27)13-19(15)25;24-19-12-21(26)20(25)10-14(19)11-22(27)15-8-16-6-7-17(9-15)28(16)23(29)13-32(30,31)18-4-2-1-3-5-18;23-18-11-20(25)19(24)9-14(18)10-21(26)15-7-16-3-4-17(8-15)27(16)22(28)5-6-31(29,30)12-13-1-2-13/h11,13,16-18,22H,3-10,12,14,28H2,1-2H3;10,12,15-18,22H,1-9,11,13,27H2;9,11,13,15-17,21H,1-8,10,12,26H2/t16?,17-,18+,22-;15?,16-,17+,22-;15?,16-,17+,21-/m111/s1. The molecule has 2 saturated carbocycles. The van der Waals surface area contributed by atoms with E-state index in [1.165, 1.54) is 4.90 Å². The molecule has 0 aromatic heterocycles. The Balaban J connectivity index is 0.000000172. The predicted molar refractivity (Wildman–Crippen MR) is 351 cm³/mol. The Morgan fingerprint density at radius 1 is 0.429 bits per heavy atom. The maximum absolute atomic E-state index is 14.0. The van der Waals surface area contributed by atoms with E-state index in [2.05, 4.69) is 0 Å². The number of hydrogen-bond acceptors (Lipinski definition) is 13. The second-order valence-corrected chi connectivity index (χ2v) is 35.4. The number of rotatable bonds is 24. The highest BCUT2D eigenvalue weighted by Gasteiger charge is 2.48. The third kappa shape index (κ3) is 19.4. The van der Waals surface area contributed by atoms with Crippen molar-refractivity contribution in [1.29, 1.82) is 0 Å². The Morgan fingerprint density at radius 2 is 0.745 bits per heavy atom. The van der Waals surface area contributed by atoms with Gasteiger partial charge in [0.05, 0.1) is 22.5 Å². The van der Waals surface area contributed by atoms with E-state index < -0.39 is 123 Å². The minimum atomic E-state index is -3.72. The number of piperidine rings is 3. The summed E-state index contributed by atoms with van der Waals surface area (Å²) in [5, 5.41) is -0.408. The molecule has 6 heterocycles. The molecule has 3 unspecified atom stereocenters. The van der Waals surface area contributed by atoms with E-state index in [1.807, 2.05) is 4.90 Å². The molecular formula is C69H94F9N7O10S3. The third-order valence-corrected chi connectivity index (χ3v) is 27.4. The zero-order chi connectivity index (χ0) is 71.3. The van der Waals surface area contributed by atoms with Crippen molar-refractivity contribution in [2.45, 2.75) is 228 Å². The fourth-order valence-electron chi connectivity index (χ4n) is 16.5. The average molecular weight is 1450 g/mol. The van der Waals surface area contributed by atoms with E-state index in [9.17, 15) is 83.9 Å². The molecule has 12 atom stereocenters. The van der Waals surface area contributed by atoms with Gasteiger partial charge < -0.3 is 36.8 Å². The van der Waals surface area contributed by atoms with Crippen LogP contribution in [-0.2, 0) is 68.0 Å². The fourth-order valence-corrected chi connectivity index (χ4v) is 21.2. The van der Waals surface area contributed by atoms with Gasteiger partial charge in [-0.25, -0.2) is 64.8 Å². The molecule has 3 aromatic rings. The number of nitrogens with zero attached hydrogens (tertiary/aromatic N) is 4. The molecule has 6 saturated heterocycles. The van der Waals surface area contributed by atoms with Crippen molar-refractivity contribution in [2.24, 2.45) is 40.9 Å². The van der Waals surface area contributed by atoms with Gasteiger partial charge in [0.15, 0.2) is 64.4 Å². The molecule has 6 aliphatic heterocycles. The van der Waals surface area contributed by atoms with E-state index in [-0.39, 0.29) is 144 Å². The molecule has 17 nitrogen and oxygen atoms in total. The van der Waals surface area contributed by atoms with Gasteiger partial charge >= 0.3 is 0 Å². The smallest absolute Gasteiger partial charge is 0.238 e. The van der Waals surface area contributed by atoms with Crippen molar-refractivity contribution in [1.82, 2.24) is 19.6 Å². The van der Waals surface area contributed by atoms with Crippen LogP contribution in [0, 0.1) is 76.0 Å². The number of hydrogen-bond donors (Lipinski definition) is 3. The van der Waals surface area contributed by atoms with Gasteiger partial charge in [0.2, 0.25) is 23.6 Å². The van der Waals surface area contributed by atoms with Crippen molar-refractivity contribution < 1.29 is 83.9 Å². The normalized spacial score (nSPS) is 25.6. The Morgan fingerprint density at radius 3 is 1.07 bits per heavy atom. The number of sulfone groups is 3. The van der Waals surface area contributed by atoms with E-state index in [0.717, 1.165) is 88.8 Å². The van der Waals surface area contributed by atoms with Crippen LogP contribution in [0.2, 0.25) is 0 Å². The number of halogens is 9. The van der Waals surface area contributed by atoms with Crippen LogP contribution in [-0.4, -0.2) is 170 Å². The van der Waals surface area contributed by atoms with Crippen molar-refractivity contribution in [3.05, 3.63) is 105 Å². The SMILES string of the molecule is CCN(CC)C(=O)CS(=O)(=O)CCC(=O)N1[C@@H]2CC[C@H]1CC([C@H](N)Cc1cc(F)c(F)cc1F)C2.N[C@H](Cc1cc(F)c(F)cc1F)C1C[C@H]2CC[C@@H](C1)N2C(=O)CCS(=O)(=O)CC1CC1.N[C@H](Cc1cc(F)c(F)cc1F)C1C[C@H]2CC[C@@H](C1)N2C(=O)CS(=O)(=O)C1CCCCC1. The summed E-state index contributed by atoms with van der Waals surface area (Å²) in [6.45, 7) is 4.40. The summed E-state index contributed by atoms with van der Waals surface area (Å²) < 4.78 is 197. The minimum absolute atomic E-state index is 0.000911. The maximum atomic E-state index is 14.0. The molecule has 8 aliphatic rings. The first-order valence-electron chi connectivity index (χ1n) is 34.7. The quantitative estimate of drug-likeness (QED) is 0.0560. The van der Waals surface area contributed by atoms with Crippen LogP contribution in [0.25, 0.3) is 0 Å². The first-order valence-corrected chi connectivity index (χ1v) is 40.1. The van der Waals surface area contributed by atoms with E-state index in [0.29, 0.717) is 82.7 Å². The molecule has 6 N–H and O–H groups in total. The molecule has 6 bridgehead atoms. The van der Waals surface area contributed by atoms with Crippen LogP contribution in [0.15, 0.2) is 36.4 Å². The molecular weight excluding hydrogens is 1350 g/mol. The third-order valence-electron chi connectivity index (χ3n) is 21.9. The van der Waals surface area contributed by atoms with Crippen LogP contribution in [0.3, 0.4) is 0 Å². The number of amides is 4. The van der Waals surface area contributed by atoms with E-state index in [1.54, 1.807) is 23.6 Å². The Bertz CT molecular complexity index is 3680. The highest BCUT2D eigenvalue weighted by Crippen LogP contribution is 2.44. The summed E-state index contributed by atoms with van der Waals surface area (Å²) in [6, 6.07) is 2.45. The van der Waals surface area contributed by atoms with Crippen LogP contribution >= 0.6 is 0 Å². The molecule has 4 amide bonds. The molecule has 29 heteroatoms. The Hall–Kier alpha value is -5.36. The predicted octanol–water partition coefficient (Wildman–Crippen LogP) is 8.87. The lowest BCUT2D eigenvalue weighted by molar-refractivity contribution is -0.137. The Kier molecular flexibility index (Phi) is 25.7. The zero-order valence-electron chi connectivity index (χ0n) is 55.7. The van der Waals surface area contributed by atoms with Gasteiger partial charge in [-0.2, -0.15) is 0 Å². The summed E-state index contributed by atoms with van der Waals surface area (Å²) in [7, 11) is -10.4. The first-order chi connectivity index (χ1) is 46.2. The molecule has 3 aromatic carbocycles. The van der Waals surface area contributed by atoms with Gasteiger partial charge in [0, 0.05) is 98.5 Å². The van der Waals surface area contributed by atoms with Crippen molar-refractivity contribution >= 4 is 53.1 Å². The molecule has 8 fully saturated rings. The van der Waals surface area contributed by atoms with E-state index >= 15 is 0 Å². The van der Waals surface area contributed by atoms with Gasteiger partial charge in [-0.15, -0.1) is 0 Å². The molecule has 0 radical (unpaired) electrons. The average Bonchev–Trinajstić information content (AvgIpc) is 1.61. The van der Waals surface area contributed by atoms with Gasteiger partial charge in [-0.05, 0) is 194 Å². The second kappa shape index (κ2) is 32.7. The minimum Gasteiger partial charge on any atom is -0.342 e. The topological polar surface area (TPSA) is 262 Å². The largest absolute Gasteiger partial charge is 0.342 e. The van der Waals surface area contributed by atoms with Gasteiger partial charge in [0.1, 0.15) is 29.0 Å². The van der Waals surface area contributed by atoms with Crippen LogP contribution in [0.5, 0.6) is 0 Å². The summed E-state index contributed by atoms with van der Waals surface area (Å²) >= 11 is 0. The van der Waals surface area contributed by atoms with Crippen molar-refractivity contribution in [2.75, 3.05) is 41.9 Å². The molecule has 98 heavy (non-hydrogen) atoms. The van der Waals surface area contributed by atoms with E-state index in [4.69, 9.17) is 17.2 Å². The highest BCUT2D eigenvalue weighted by atomic mass is 32.2. The van der Waals surface area contributed by atoms with Gasteiger partial charge in [-0.1, -0.05) is 19.3 Å². The molecule has 546 valence electrons. The monoisotopic (exact) mass is 1450 g/mol. The number of carbonyl (C=O) groups is 4. The lowest BCUT2D eigenvalue weighted by atomic mass is 9.82. The molecule has 11 rings (SSSR count). The highest BCUT2D eigenvalue weighted by molar-refractivity contribution is 7.92. The lowest BCUT2D eigenvalue weighted by Crippen LogP contribution is -2.52. The number of benzene rings is 3. The van der Waals surface area contributed by atoms with Crippen molar-refractivity contribution in [3.63, 3.8) is 0 Å². The van der Waals surface area contributed by atoms with Crippen LogP contribution in [0.4, 0.5) is 39.5 Å². The summed E-state index contributed by atoms with van der Waals surface area (Å²) in [5.41, 5.74) is 19.1. The zero-order valence-corrected chi connectivity index (χ0v) is 58.1. The number of nitrogens with two attached hydrogens (primary N) is 3. The second-order valence-electron chi connectivity index (χ2n) is 28.7. The maximum Gasteiger partial charge on any atom is 0.238 e. The molecule has 0 spiro atoms. The van der Waals surface area contributed by atoms with Crippen LogP contribution in [0.1, 0.15) is 165 Å². The number of carbonyl (C=O) groups excluding carboxylic acids is 4. The molecule has 2 aliphatic carbocycles. The summed E-state index contributed by atoms with van der Waals surface area (Å²) in [4.78, 5) is 57.6. The van der Waals surface area contributed by atoms with Gasteiger partial charge in [0.25, 0.3) is 0 Å². The van der Waals surface area contributed by atoms with Crippen LogP contribution < -0.4 is 17.2 Å². The first kappa shape index (κ1) is 76.8.